The summed E-state index contributed by atoms with van der Waals surface area (Å²) >= 11 is 0. The summed E-state index contributed by atoms with van der Waals surface area (Å²) in [6.45, 7) is 1.83. The first-order valence-corrected chi connectivity index (χ1v) is 7.95. The number of hydrogen-bond acceptors (Lipinski definition) is 3. The molecule has 2 rings (SSSR count). The minimum atomic E-state index is -0.203. The van der Waals surface area contributed by atoms with Crippen molar-refractivity contribution >= 4 is 5.97 Å². The lowest BCUT2D eigenvalue weighted by Crippen LogP contribution is -2.29. The Hall–Kier alpha value is -1.30. The molecule has 20 heavy (non-hydrogen) atoms. The van der Waals surface area contributed by atoms with Gasteiger partial charge in [0.05, 0.1) is 6.07 Å². The second kappa shape index (κ2) is 7.47. The van der Waals surface area contributed by atoms with Crippen LogP contribution in [0.4, 0.5) is 0 Å². The second-order valence-corrected chi connectivity index (χ2v) is 6.21. The number of allylic oxidation sites excluding steroid dienone is 1. The predicted molar refractivity (Wildman–Crippen MR) is 77.7 cm³/mol. The first kappa shape index (κ1) is 15.1. The van der Waals surface area contributed by atoms with Crippen LogP contribution in [-0.4, -0.2) is 12.1 Å². The van der Waals surface area contributed by atoms with Gasteiger partial charge in [0.1, 0.15) is 6.10 Å². The van der Waals surface area contributed by atoms with Gasteiger partial charge in [0.25, 0.3) is 0 Å². The van der Waals surface area contributed by atoms with E-state index in [1.807, 2.05) is 6.92 Å². The van der Waals surface area contributed by atoms with Gasteiger partial charge in [-0.15, -0.1) is 0 Å². The standard InChI is InChI=1S/C17H25NO2/c1-2-3-17(19)20-16-10-8-15(9-11-16)14-6-4-13(12-18)5-7-14/h2-3,13-16H,4-11H2,1H3. The first-order chi connectivity index (χ1) is 9.72. The predicted octanol–water partition coefficient (Wildman–Crippen LogP) is 3.99. The molecule has 110 valence electrons. The fourth-order valence-corrected chi connectivity index (χ4v) is 3.74. The van der Waals surface area contributed by atoms with Crippen molar-refractivity contribution in [1.29, 1.82) is 5.26 Å². The minimum Gasteiger partial charge on any atom is -0.459 e. The summed E-state index contributed by atoms with van der Waals surface area (Å²) in [5, 5.41) is 8.95. The van der Waals surface area contributed by atoms with E-state index in [4.69, 9.17) is 10.00 Å². The maximum absolute atomic E-state index is 11.4. The Kier molecular flexibility index (Phi) is 5.64. The molecule has 0 atom stereocenters. The van der Waals surface area contributed by atoms with E-state index in [1.165, 1.54) is 31.8 Å². The molecule has 0 spiro atoms. The third kappa shape index (κ3) is 4.10. The summed E-state index contributed by atoms with van der Waals surface area (Å²) in [6, 6.07) is 2.40. The Morgan fingerprint density at radius 3 is 2.10 bits per heavy atom. The van der Waals surface area contributed by atoms with Crippen LogP contribution in [0.2, 0.25) is 0 Å². The van der Waals surface area contributed by atoms with E-state index < -0.39 is 0 Å². The molecule has 0 aromatic rings. The fraction of sp³-hybridized carbons (Fsp3) is 0.765. The van der Waals surface area contributed by atoms with Crippen molar-refractivity contribution in [3.05, 3.63) is 12.2 Å². The van der Waals surface area contributed by atoms with Crippen LogP contribution in [0.15, 0.2) is 12.2 Å². The number of rotatable bonds is 3. The molecular weight excluding hydrogens is 250 g/mol. The van der Waals surface area contributed by atoms with Gasteiger partial charge in [-0.1, -0.05) is 6.08 Å². The van der Waals surface area contributed by atoms with Crippen LogP contribution in [0.1, 0.15) is 58.3 Å². The van der Waals surface area contributed by atoms with Gasteiger partial charge in [-0.2, -0.15) is 5.26 Å². The highest BCUT2D eigenvalue weighted by atomic mass is 16.5. The van der Waals surface area contributed by atoms with E-state index in [0.29, 0.717) is 5.92 Å². The van der Waals surface area contributed by atoms with Crippen molar-refractivity contribution in [1.82, 2.24) is 0 Å². The molecule has 0 N–H and O–H groups in total. The molecule has 0 aromatic heterocycles. The largest absolute Gasteiger partial charge is 0.459 e. The summed E-state index contributed by atoms with van der Waals surface area (Å²) in [4.78, 5) is 11.4. The molecule has 2 aliphatic carbocycles. The number of ether oxygens (including phenoxy) is 1. The summed E-state index contributed by atoms with van der Waals surface area (Å²) in [7, 11) is 0. The zero-order chi connectivity index (χ0) is 14.4. The van der Waals surface area contributed by atoms with Crippen LogP contribution in [0.25, 0.3) is 0 Å². The molecule has 2 fully saturated rings. The highest BCUT2D eigenvalue weighted by Gasteiger charge is 2.31. The van der Waals surface area contributed by atoms with E-state index in [1.54, 1.807) is 6.08 Å². The average molecular weight is 275 g/mol. The van der Waals surface area contributed by atoms with Crippen LogP contribution in [0.3, 0.4) is 0 Å². The molecule has 0 aliphatic heterocycles. The van der Waals surface area contributed by atoms with E-state index in [9.17, 15) is 4.79 Å². The van der Waals surface area contributed by atoms with Gasteiger partial charge in [-0.05, 0) is 70.1 Å². The van der Waals surface area contributed by atoms with E-state index >= 15 is 0 Å². The van der Waals surface area contributed by atoms with Crippen molar-refractivity contribution < 1.29 is 9.53 Å². The lowest BCUT2D eigenvalue weighted by molar-refractivity contribution is -0.145. The van der Waals surface area contributed by atoms with E-state index in [2.05, 4.69) is 6.07 Å². The molecular formula is C17H25NO2. The van der Waals surface area contributed by atoms with Gasteiger partial charge in [-0.3, -0.25) is 0 Å². The molecule has 0 unspecified atom stereocenters. The van der Waals surface area contributed by atoms with E-state index in [-0.39, 0.29) is 12.1 Å². The molecule has 0 saturated heterocycles. The molecule has 3 nitrogen and oxygen atoms in total. The topological polar surface area (TPSA) is 50.1 Å². The molecule has 0 heterocycles. The number of nitriles is 1. The summed E-state index contributed by atoms with van der Waals surface area (Å²) in [5.74, 6) is 1.67. The Morgan fingerprint density at radius 2 is 1.60 bits per heavy atom. The normalized spacial score (nSPS) is 34.6. The fourth-order valence-electron chi connectivity index (χ4n) is 3.74. The van der Waals surface area contributed by atoms with Crippen molar-refractivity contribution in [2.45, 2.75) is 64.4 Å². The number of esters is 1. The van der Waals surface area contributed by atoms with Crippen LogP contribution in [0.5, 0.6) is 0 Å². The summed E-state index contributed by atoms with van der Waals surface area (Å²) < 4.78 is 5.43. The number of carbonyl (C=O) groups excluding carboxylic acids is 1. The molecule has 0 amide bonds. The number of carbonyl (C=O) groups is 1. The monoisotopic (exact) mass is 275 g/mol. The molecule has 0 bridgehead atoms. The molecule has 0 aromatic carbocycles. The maximum atomic E-state index is 11.4. The Balaban J connectivity index is 1.72. The highest BCUT2D eigenvalue weighted by Crippen LogP contribution is 2.40. The molecule has 2 aliphatic rings. The van der Waals surface area contributed by atoms with E-state index in [0.717, 1.165) is 37.5 Å². The summed E-state index contributed by atoms with van der Waals surface area (Å²) in [6.07, 6.45) is 12.3. The SMILES string of the molecule is CC=CC(=O)OC1CCC(C2CCC(C#N)CC2)CC1. The second-order valence-electron chi connectivity index (χ2n) is 6.21. The Morgan fingerprint density at radius 1 is 1.05 bits per heavy atom. The van der Waals surface area contributed by atoms with Crippen molar-refractivity contribution in [2.24, 2.45) is 17.8 Å². The maximum Gasteiger partial charge on any atom is 0.330 e. The average Bonchev–Trinajstić information content (AvgIpc) is 2.48. The molecule has 0 radical (unpaired) electrons. The van der Waals surface area contributed by atoms with Crippen LogP contribution >= 0.6 is 0 Å². The minimum absolute atomic E-state index is 0.116. The zero-order valence-electron chi connectivity index (χ0n) is 12.4. The van der Waals surface area contributed by atoms with Gasteiger partial charge in [0.15, 0.2) is 0 Å². The lowest BCUT2D eigenvalue weighted by Gasteiger charge is -2.36. The first-order valence-electron chi connectivity index (χ1n) is 7.95. The van der Waals surface area contributed by atoms with Gasteiger partial charge < -0.3 is 4.74 Å². The van der Waals surface area contributed by atoms with Crippen molar-refractivity contribution in [3.63, 3.8) is 0 Å². The van der Waals surface area contributed by atoms with Crippen LogP contribution in [0, 0.1) is 29.1 Å². The molecule has 2 saturated carbocycles. The van der Waals surface area contributed by atoms with Crippen molar-refractivity contribution in [2.75, 3.05) is 0 Å². The van der Waals surface area contributed by atoms with Gasteiger partial charge >= 0.3 is 5.97 Å². The quantitative estimate of drug-likeness (QED) is 0.578. The van der Waals surface area contributed by atoms with Gasteiger partial charge in [0.2, 0.25) is 0 Å². The van der Waals surface area contributed by atoms with Crippen LogP contribution in [-0.2, 0) is 9.53 Å². The van der Waals surface area contributed by atoms with Gasteiger partial charge in [0, 0.05) is 12.0 Å². The number of hydrogen-bond donors (Lipinski definition) is 0. The lowest BCUT2D eigenvalue weighted by atomic mass is 9.71. The Labute approximate surface area is 122 Å². The highest BCUT2D eigenvalue weighted by molar-refractivity contribution is 5.81. The summed E-state index contributed by atoms with van der Waals surface area (Å²) in [5.41, 5.74) is 0. The van der Waals surface area contributed by atoms with Gasteiger partial charge in [-0.25, -0.2) is 4.79 Å². The zero-order valence-corrected chi connectivity index (χ0v) is 12.4. The molecule has 3 heteroatoms. The van der Waals surface area contributed by atoms with Crippen molar-refractivity contribution in [3.8, 4) is 6.07 Å². The number of nitrogens with zero attached hydrogens (tertiary/aromatic N) is 1. The third-order valence-electron chi connectivity index (χ3n) is 4.93. The van der Waals surface area contributed by atoms with Crippen LogP contribution < -0.4 is 0 Å². The Bertz CT molecular complexity index is 380. The smallest absolute Gasteiger partial charge is 0.330 e. The third-order valence-corrected chi connectivity index (χ3v) is 4.93.